The van der Waals surface area contributed by atoms with Crippen molar-refractivity contribution in [2.75, 3.05) is 0 Å². The lowest BCUT2D eigenvalue weighted by atomic mass is 9.99. The smallest absolute Gasteiger partial charge is 0.0911 e. The van der Waals surface area contributed by atoms with E-state index in [1.54, 1.807) is 0 Å². The third-order valence-electron chi connectivity index (χ3n) is 2.62. The van der Waals surface area contributed by atoms with E-state index in [-0.39, 0.29) is 0 Å². The number of benzene rings is 2. The second-order valence-corrected chi connectivity index (χ2v) is 4.30. The van der Waals surface area contributed by atoms with Gasteiger partial charge in [0.15, 0.2) is 0 Å². The Kier molecular flexibility index (Phi) is 3.59. The van der Waals surface area contributed by atoms with Crippen molar-refractivity contribution in [3.05, 3.63) is 77.9 Å². The van der Waals surface area contributed by atoms with E-state index < -0.39 is 0 Å². The van der Waals surface area contributed by atoms with Crippen LogP contribution in [0.1, 0.15) is 16.7 Å². The highest BCUT2D eigenvalue weighted by molar-refractivity contribution is 6.22. The molecule has 0 unspecified atom stereocenters. The van der Waals surface area contributed by atoms with Gasteiger partial charge in [-0.2, -0.15) is 0 Å². The zero-order chi connectivity index (χ0) is 12.1. The first kappa shape index (κ1) is 11.4. The molecule has 2 aromatic rings. The molecule has 0 radical (unpaired) electrons. The average molecular weight is 234 g/mol. The molecule has 0 saturated carbocycles. The summed E-state index contributed by atoms with van der Waals surface area (Å²) in [7, 11) is 0.920. The molecule has 0 atom stereocenters. The van der Waals surface area contributed by atoms with Gasteiger partial charge in [0, 0.05) is 5.56 Å². The molecule has 0 nitrogen and oxygen atoms in total. The molecule has 0 spiro atoms. The van der Waals surface area contributed by atoms with Gasteiger partial charge in [0.05, 0.1) is 10.2 Å². The fourth-order valence-corrected chi connectivity index (χ4v) is 1.99. The minimum Gasteiger partial charge on any atom is -0.138 e. The molecule has 0 aromatic heterocycles. The molecule has 2 aromatic carbocycles. The van der Waals surface area contributed by atoms with E-state index in [4.69, 9.17) is 0 Å². The molecule has 0 saturated heterocycles. The minimum atomic E-state index is 0.920. The molecule has 0 N–H and O–H groups in total. The lowest BCUT2D eigenvalue weighted by molar-refractivity contribution is 1.54. The maximum Gasteiger partial charge on any atom is 0.0911 e. The Balaban J connectivity index is 2.28. The molecule has 0 fully saturated rings. The first-order chi connectivity index (χ1) is 8.31. The zero-order valence-corrected chi connectivity index (χ0v) is 11.9. The zero-order valence-electron chi connectivity index (χ0n) is 9.90. The molecule has 0 heterocycles. The molecule has 2 rings (SSSR count). The normalized spacial score (nSPS) is 9.41. The second kappa shape index (κ2) is 5.34. The summed E-state index contributed by atoms with van der Waals surface area (Å²) in [5.41, 5.74) is 7.47. The van der Waals surface area contributed by atoms with Crippen LogP contribution in [0.3, 0.4) is 0 Å². The van der Waals surface area contributed by atoms with Crippen LogP contribution >= 0.6 is 0 Å². The van der Waals surface area contributed by atoms with Crippen LogP contribution in [0.25, 0.3) is 5.57 Å². The van der Waals surface area contributed by atoms with Crippen LogP contribution in [0.4, 0.5) is 0 Å². The molecular weight excluding hydrogens is 220 g/mol. The van der Waals surface area contributed by atoms with Crippen LogP contribution in [-0.4, -0.2) is 10.2 Å². The van der Waals surface area contributed by atoms with Crippen molar-refractivity contribution in [2.45, 2.75) is 0 Å². The summed E-state index contributed by atoms with van der Waals surface area (Å²) in [6.45, 7) is 4.14. The number of rotatable bonds is 2. The van der Waals surface area contributed by atoms with E-state index in [1.807, 2.05) is 30.3 Å². The maximum absolute atomic E-state index is 4.14. The Labute approximate surface area is 105 Å². The van der Waals surface area contributed by atoms with E-state index >= 15 is 0 Å². The topological polar surface area (TPSA) is 0 Å². The van der Waals surface area contributed by atoms with Crippen molar-refractivity contribution in [2.24, 2.45) is 0 Å². The van der Waals surface area contributed by atoms with Crippen LogP contribution in [0.2, 0.25) is 0 Å². The fraction of sp³-hybridized carbons (Fsp3) is 0. The Morgan fingerprint density at radius 2 is 1.47 bits per heavy atom. The van der Waals surface area contributed by atoms with Crippen LogP contribution < -0.4 is 0 Å². The lowest BCUT2D eigenvalue weighted by Crippen LogP contribution is -1.86. The molecule has 1 heteroatoms. The molecule has 17 heavy (non-hydrogen) atoms. The summed E-state index contributed by atoms with van der Waals surface area (Å²) in [5, 5.41) is 0. The van der Waals surface area contributed by atoms with E-state index in [0.717, 1.165) is 32.5 Å². The van der Waals surface area contributed by atoms with Crippen LogP contribution in [-0.2, 0) is 0 Å². The third-order valence-corrected chi connectivity index (χ3v) is 2.87. The van der Waals surface area contributed by atoms with Gasteiger partial charge >= 0.3 is 0 Å². The van der Waals surface area contributed by atoms with Crippen molar-refractivity contribution in [3.63, 3.8) is 0 Å². The van der Waals surface area contributed by atoms with E-state index in [9.17, 15) is 0 Å². The van der Waals surface area contributed by atoms with Gasteiger partial charge in [0.1, 0.15) is 0 Å². The molecular formula is C16H14Si. The van der Waals surface area contributed by atoms with Crippen LogP contribution in [0.5, 0.6) is 0 Å². The third kappa shape index (κ3) is 2.75. The van der Waals surface area contributed by atoms with Crippen molar-refractivity contribution in [3.8, 4) is 11.5 Å². The van der Waals surface area contributed by atoms with Crippen LogP contribution in [0.15, 0.2) is 61.2 Å². The largest absolute Gasteiger partial charge is 0.138 e. The highest BCUT2D eigenvalue weighted by atomic mass is 28.1. The first-order valence-electron chi connectivity index (χ1n) is 5.59. The molecule has 0 amide bonds. The van der Waals surface area contributed by atoms with Gasteiger partial charge in [-0.1, -0.05) is 55.0 Å². The van der Waals surface area contributed by atoms with Crippen molar-refractivity contribution >= 4 is 15.8 Å². The summed E-state index contributed by atoms with van der Waals surface area (Å²) < 4.78 is 0. The Hall–Kier alpha value is -2.04. The van der Waals surface area contributed by atoms with Gasteiger partial charge in [0.25, 0.3) is 0 Å². The maximum atomic E-state index is 4.14. The highest BCUT2D eigenvalue weighted by Gasteiger charge is 2.00. The summed E-state index contributed by atoms with van der Waals surface area (Å²) in [4.78, 5) is 0. The number of hydrogen-bond donors (Lipinski definition) is 0. The Bertz CT molecular complexity index is 568. The monoisotopic (exact) mass is 234 g/mol. The predicted octanol–water partition coefficient (Wildman–Crippen LogP) is 2.42. The van der Waals surface area contributed by atoms with Gasteiger partial charge in [-0.3, -0.25) is 0 Å². The van der Waals surface area contributed by atoms with Crippen molar-refractivity contribution in [1.29, 1.82) is 0 Å². The fourth-order valence-electron chi connectivity index (χ4n) is 1.71. The van der Waals surface area contributed by atoms with Crippen LogP contribution in [0, 0.1) is 11.5 Å². The summed E-state index contributed by atoms with van der Waals surface area (Å²) in [5.74, 6) is 3.10. The first-order valence-corrected chi connectivity index (χ1v) is 6.59. The van der Waals surface area contributed by atoms with Gasteiger partial charge in [-0.05, 0) is 28.8 Å². The van der Waals surface area contributed by atoms with Gasteiger partial charge < -0.3 is 0 Å². The average Bonchev–Trinajstić information content (AvgIpc) is 2.40. The van der Waals surface area contributed by atoms with Crippen molar-refractivity contribution < 1.29 is 0 Å². The molecule has 0 aliphatic rings. The van der Waals surface area contributed by atoms with E-state index in [1.165, 1.54) is 0 Å². The molecule has 0 aliphatic carbocycles. The van der Waals surface area contributed by atoms with Gasteiger partial charge in [-0.15, -0.1) is 5.54 Å². The summed E-state index contributed by atoms with van der Waals surface area (Å²) >= 11 is 0. The predicted molar refractivity (Wildman–Crippen MR) is 77.8 cm³/mol. The minimum absolute atomic E-state index is 0.920. The quantitative estimate of drug-likeness (QED) is 0.553. The highest BCUT2D eigenvalue weighted by Crippen LogP contribution is 2.21. The lowest BCUT2D eigenvalue weighted by Gasteiger charge is -2.06. The van der Waals surface area contributed by atoms with E-state index in [2.05, 4.69) is 42.3 Å². The number of hydrogen-bond acceptors (Lipinski definition) is 0. The van der Waals surface area contributed by atoms with Gasteiger partial charge in [0.2, 0.25) is 0 Å². The van der Waals surface area contributed by atoms with E-state index in [0.29, 0.717) is 0 Å². The second-order valence-electron chi connectivity index (χ2n) is 3.80. The molecule has 82 valence electrons. The standard InChI is InChI=1S/C16H14Si/c1-13(15-5-3-2-4-6-15)16-9-7-14(8-10-16)11-12-17/h2-10H,1H2,17H3. The Morgan fingerprint density at radius 3 is 2.06 bits per heavy atom. The Morgan fingerprint density at radius 1 is 0.882 bits per heavy atom. The SMILES string of the molecule is C=C(c1ccccc1)c1ccc(C#C[SiH3])cc1. The molecule has 0 aliphatic heterocycles. The molecule has 0 bridgehead atoms. The van der Waals surface area contributed by atoms with Gasteiger partial charge in [-0.25, -0.2) is 0 Å². The summed E-state index contributed by atoms with van der Waals surface area (Å²) in [6.07, 6.45) is 0. The summed E-state index contributed by atoms with van der Waals surface area (Å²) in [6, 6.07) is 18.5. The van der Waals surface area contributed by atoms with Crippen molar-refractivity contribution in [1.82, 2.24) is 0 Å².